The molecule has 0 saturated heterocycles. The summed E-state index contributed by atoms with van der Waals surface area (Å²) in [5.41, 5.74) is -1.23. The van der Waals surface area contributed by atoms with Crippen LogP contribution in [0, 0.1) is 20.2 Å². The number of hydrogen-bond donors (Lipinski definition) is 1. The third kappa shape index (κ3) is 3.99. The van der Waals surface area contributed by atoms with E-state index in [0.29, 0.717) is 5.02 Å². The first kappa shape index (κ1) is 24.8. The van der Waals surface area contributed by atoms with Gasteiger partial charge in [-0.05, 0) is 60.7 Å². The number of benzene rings is 4. The van der Waals surface area contributed by atoms with Crippen LogP contribution >= 0.6 is 11.6 Å². The minimum absolute atomic E-state index is 0.0287. The molecule has 2 amide bonds. The molecule has 1 N–H and O–H groups in total. The number of imide groups is 1. The summed E-state index contributed by atoms with van der Waals surface area (Å²) in [6.45, 7) is 0. The first-order chi connectivity index (χ1) is 18.0. The number of nitro benzene ring substituents is 2. The summed E-state index contributed by atoms with van der Waals surface area (Å²) in [4.78, 5) is 48.8. The standard InChI is InChI=1S/C24H13ClN4O8S/c25-13-1-3-14(4-2-13)26-38(36,37)16-7-5-15(6-8-16)27-23(30)17-9-11-19(28(32)33)22-20(29(34)35)12-10-18(21(17)22)24(27)31/h1-12,26H. The lowest BCUT2D eigenvalue weighted by Gasteiger charge is -2.27. The van der Waals surface area contributed by atoms with Crippen molar-refractivity contribution in [1.82, 2.24) is 0 Å². The molecular formula is C24H13ClN4O8S. The van der Waals surface area contributed by atoms with E-state index in [9.17, 15) is 38.2 Å². The van der Waals surface area contributed by atoms with Crippen molar-refractivity contribution in [2.45, 2.75) is 4.90 Å². The van der Waals surface area contributed by atoms with Gasteiger partial charge in [0.15, 0.2) is 0 Å². The van der Waals surface area contributed by atoms with Gasteiger partial charge < -0.3 is 0 Å². The summed E-state index contributed by atoms with van der Waals surface area (Å²) < 4.78 is 27.9. The van der Waals surface area contributed by atoms with Crippen molar-refractivity contribution in [3.05, 3.63) is 109 Å². The van der Waals surface area contributed by atoms with Crippen molar-refractivity contribution < 1.29 is 27.9 Å². The SMILES string of the molecule is O=C1c2ccc([N+](=O)[O-])c3c([N+](=O)[O-])ccc(c23)C(=O)N1c1ccc(S(=O)(=O)Nc2ccc(Cl)cc2)cc1. The van der Waals surface area contributed by atoms with Crippen molar-refractivity contribution in [2.75, 3.05) is 9.62 Å². The zero-order valence-electron chi connectivity index (χ0n) is 18.8. The van der Waals surface area contributed by atoms with Crippen LogP contribution in [0.2, 0.25) is 5.02 Å². The van der Waals surface area contributed by atoms with Crippen LogP contribution in [-0.2, 0) is 10.0 Å². The number of rotatable bonds is 6. The smallest absolute Gasteiger partial charge is 0.280 e. The van der Waals surface area contributed by atoms with Crippen LogP contribution in [0.25, 0.3) is 10.8 Å². The van der Waals surface area contributed by atoms with E-state index in [1.165, 1.54) is 48.5 Å². The fourth-order valence-electron chi connectivity index (χ4n) is 4.19. The van der Waals surface area contributed by atoms with Gasteiger partial charge in [-0.15, -0.1) is 0 Å². The molecule has 0 unspecified atom stereocenters. The number of halogens is 1. The minimum Gasteiger partial charge on any atom is -0.280 e. The number of nitrogens with one attached hydrogen (secondary N) is 1. The lowest BCUT2D eigenvalue weighted by molar-refractivity contribution is -0.390. The van der Waals surface area contributed by atoms with Crippen LogP contribution in [0.15, 0.2) is 77.7 Å². The van der Waals surface area contributed by atoms with Gasteiger partial charge in [0.1, 0.15) is 5.39 Å². The summed E-state index contributed by atoms with van der Waals surface area (Å²) in [5.74, 6) is -1.75. The number of hydrogen-bond acceptors (Lipinski definition) is 8. The quantitative estimate of drug-likeness (QED) is 0.200. The molecule has 0 fully saturated rings. The van der Waals surface area contributed by atoms with E-state index in [4.69, 9.17) is 11.6 Å². The maximum absolute atomic E-state index is 13.4. The maximum atomic E-state index is 13.4. The van der Waals surface area contributed by atoms with Gasteiger partial charge in [0.05, 0.1) is 20.4 Å². The Bertz CT molecular complexity index is 1740. The van der Waals surface area contributed by atoms with Crippen LogP contribution in [0.4, 0.5) is 22.7 Å². The topological polar surface area (TPSA) is 170 Å². The summed E-state index contributed by atoms with van der Waals surface area (Å²) in [6, 6.07) is 15.1. The Morgan fingerprint density at radius 3 is 1.68 bits per heavy atom. The average Bonchev–Trinajstić information content (AvgIpc) is 2.88. The molecule has 12 nitrogen and oxygen atoms in total. The second-order valence-corrected chi connectivity index (χ2v) is 10.2. The lowest BCUT2D eigenvalue weighted by atomic mass is 9.91. The number of amides is 2. The molecule has 38 heavy (non-hydrogen) atoms. The highest BCUT2D eigenvalue weighted by Gasteiger charge is 2.38. The zero-order chi connectivity index (χ0) is 27.4. The van der Waals surface area contributed by atoms with Gasteiger partial charge in [0.2, 0.25) is 0 Å². The number of anilines is 2. The molecule has 0 aliphatic carbocycles. The number of carbonyl (C=O) groups is 2. The van der Waals surface area contributed by atoms with Crippen molar-refractivity contribution in [3.63, 3.8) is 0 Å². The van der Waals surface area contributed by atoms with Crippen LogP contribution in [0.1, 0.15) is 20.7 Å². The van der Waals surface area contributed by atoms with Crippen molar-refractivity contribution in [3.8, 4) is 0 Å². The number of non-ortho nitro benzene ring substituents is 2. The molecule has 0 spiro atoms. The normalized spacial score (nSPS) is 13.0. The first-order valence-corrected chi connectivity index (χ1v) is 12.5. The fourth-order valence-corrected chi connectivity index (χ4v) is 5.38. The Hall–Kier alpha value is -4.88. The van der Waals surface area contributed by atoms with Crippen LogP contribution in [0.3, 0.4) is 0 Å². The average molecular weight is 553 g/mol. The van der Waals surface area contributed by atoms with Crippen molar-refractivity contribution >= 4 is 67.0 Å². The van der Waals surface area contributed by atoms with Crippen molar-refractivity contribution in [2.24, 2.45) is 0 Å². The third-order valence-electron chi connectivity index (χ3n) is 5.88. The molecule has 4 aromatic rings. The summed E-state index contributed by atoms with van der Waals surface area (Å²) in [7, 11) is -4.02. The lowest BCUT2D eigenvalue weighted by Crippen LogP contribution is -2.40. The van der Waals surface area contributed by atoms with Gasteiger partial charge in [0.25, 0.3) is 33.2 Å². The molecule has 14 heteroatoms. The van der Waals surface area contributed by atoms with Gasteiger partial charge in [-0.25, -0.2) is 13.3 Å². The predicted molar refractivity (Wildman–Crippen MR) is 137 cm³/mol. The molecule has 0 atom stereocenters. The molecule has 1 aliphatic rings. The minimum atomic E-state index is -4.02. The number of carbonyl (C=O) groups excluding carboxylic acids is 2. The van der Waals surface area contributed by atoms with Gasteiger partial charge in [-0.2, -0.15) is 0 Å². The molecule has 0 aromatic heterocycles. The first-order valence-electron chi connectivity index (χ1n) is 10.7. The highest BCUT2D eigenvalue weighted by Crippen LogP contribution is 2.41. The second kappa shape index (κ2) is 8.90. The molecule has 4 aromatic carbocycles. The Balaban J connectivity index is 1.55. The Morgan fingerprint density at radius 2 is 1.21 bits per heavy atom. The Labute approximate surface area is 218 Å². The number of sulfonamides is 1. The van der Waals surface area contributed by atoms with Gasteiger partial charge in [0, 0.05) is 39.4 Å². The molecule has 0 saturated carbocycles. The second-order valence-electron chi connectivity index (χ2n) is 8.08. The van der Waals surface area contributed by atoms with E-state index >= 15 is 0 Å². The third-order valence-corrected chi connectivity index (χ3v) is 7.53. The highest BCUT2D eigenvalue weighted by atomic mass is 35.5. The number of nitrogens with zero attached hydrogens (tertiary/aromatic N) is 3. The molecule has 5 rings (SSSR count). The zero-order valence-corrected chi connectivity index (χ0v) is 20.4. The Morgan fingerprint density at radius 1 is 0.711 bits per heavy atom. The molecule has 190 valence electrons. The van der Waals surface area contributed by atoms with Gasteiger partial charge in [-0.1, -0.05) is 11.6 Å². The molecule has 1 heterocycles. The molecular weight excluding hydrogens is 540 g/mol. The van der Waals surface area contributed by atoms with E-state index in [2.05, 4.69) is 4.72 Å². The monoisotopic (exact) mass is 552 g/mol. The van der Waals surface area contributed by atoms with Crippen LogP contribution in [0.5, 0.6) is 0 Å². The van der Waals surface area contributed by atoms with Crippen LogP contribution in [-0.4, -0.2) is 30.1 Å². The highest BCUT2D eigenvalue weighted by molar-refractivity contribution is 7.92. The van der Waals surface area contributed by atoms with E-state index in [1.807, 2.05) is 0 Å². The van der Waals surface area contributed by atoms with E-state index in [-0.39, 0.29) is 32.8 Å². The Kier molecular flexibility index (Phi) is 5.81. The van der Waals surface area contributed by atoms with Gasteiger partial charge >= 0.3 is 0 Å². The van der Waals surface area contributed by atoms with Crippen molar-refractivity contribution in [1.29, 1.82) is 0 Å². The van der Waals surface area contributed by atoms with E-state index in [0.717, 1.165) is 29.2 Å². The largest absolute Gasteiger partial charge is 0.284 e. The van der Waals surface area contributed by atoms with Crippen LogP contribution < -0.4 is 9.62 Å². The molecule has 1 aliphatic heterocycles. The molecule has 0 radical (unpaired) electrons. The van der Waals surface area contributed by atoms with E-state index in [1.54, 1.807) is 0 Å². The van der Waals surface area contributed by atoms with Gasteiger partial charge in [-0.3, -0.25) is 34.5 Å². The summed E-state index contributed by atoms with van der Waals surface area (Å²) in [5, 5.41) is 22.9. The molecule has 0 bridgehead atoms. The summed E-state index contributed by atoms with van der Waals surface area (Å²) >= 11 is 5.82. The predicted octanol–water partition coefficient (Wildman–Crippen LogP) is 4.91. The van der Waals surface area contributed by atoms with E-state index < -0.39 is 48.4 Å². The fraction of sp³-hybridized carbons (Fsp3) is 0. The summed E-state index contributed by atoms with van der Waals surface area (Å²) in [6.07, 6.45) is 0. The number of nitro groups is 2. The maximum Gasteiger partial charge on any atom is 0.284 e.